The van der Waals surface area contributed by atoms with E-state index in [2.05, 4.69) is 0 Å². The van der Waals surface area contributed by atoms with Crippen LogP contribution in [0.2, 0.25) is 0 Å². The summed E-state index contributed by atoms with van der Waals surface area (Å²) in [5.74, 6) is -0.272. The van der Waals surface area contributed by atoms with Crippen molar-refractivity contribution in [3.8, 4) is 5.75 Å². The van der Waals surface area contributed by atoms with Gasteiger partial charge in [0.25, 0.3) is 0 Å². The van der Waals surface area contributed by atoms with Gasteiger partial charge in [-0.15, -0.1) is 0 Å². The number of imide groups is 1. The molecule has 1 unspecified atom stereocenters. The molecule has 1 N–H and O–H groups in total. The summed E-state index contributed by atoms with van der Waals surface area (Å²) in [7, 11) is 0. The van der Waals surface area contributed by atoms with Gasteiger partial charge < -0.3 is 14.6 Å². The van der Waals surface area contributed by atoms with Crippen LogP contribution in [0, 0.1) is 5.41 Å². The molecule has 7 heteroatoms. The van der Waals surface area contributed by atoms with Gasteiger partial charge in [-0.25, -0.2) is 4.79 Å². The van der Waals surface area contributed by atoms with Gasteiger partial charge in [0.05, 0.1) is 24.1 Å². The molecular formula is C21H27NO6. The zero-order chi connectivity index (χ0) is 20.1. The summed E-state index contributed by atoms with van der Waals surface area (Å²) in [5, 5.41) is 10.3. The molecule has 28 heavy (non-hydrogen) atoms. The average Bonchev–Trinajstić information content (AvgIpc) is 2.91. The Balaban J connectivity index is 1.51. The van der Waals surface area contributed by atoms with Gasteiger partial charge in [-0.1, -0.05) is 19.3 Å². The van der Waals surface area contributed by atoms with Crippen molar-refractivity contribution in [2.45, 2.75) is 51.6 Å². The first-order valence-electron chi connectivity index (χ1n) is 9.88. The molecule has 0 radical (unpaired) electrons. The lowest BCUT2D eigenvalue weighted by molar-refractivity contribution is -0.144. The first kappa shape index (κ1) is 20.3. The molecule has 2 amide bonds. The van der Waals surface area contributed by atoms with E-state index in [9.17, 15) is 19.5 Å². The Bertz CT molecular complexity index is 723. The van der Waals surface area contributed by atoms with Crippen LogP contribution in [-0.4, -0.2) is 53.7 Å². The fraction of sp³-hybridized carbons (Fsp3) is 0.571. The van der Waals surface area contributed by atoms with Crippen LogP contribution in [-0.2, 0) is 14.3 Å². The summed E-state index contributed by atoms with van der Waals surface area (Å²) in [4.78, 5) is 37.9. The molecule has 1 heterocycles. The van der Waals surface area contributed by atoms with Gasteiger partial charge in [0.15, 0.2) is 0 Å². The minimum Gasteiger partial charge on any atom is -0.491 e. The Kier molecular flexibility index (Phi) is 6.34. The predicted octanol–water partition coefficient (Wildman–Crippen LogP) is 2.31. The smallest absolute Gasteiger partial charge is 0.338 e. The fourth-order valence-corrected chi connectivity index (χ4v) is 4.02. The molecule has 1 aliphatic heterocycles. The number of hydrogen-bond donors (Lipinski definition) is 1. The van der Waals surface area contributed by atoms with Crippen molar-refractivity contribution in [2.24, 2.45) is 5.41 Å². The van der Waals surface area contributed by atoms with E-state index in [1.165, 1.54) is 4.90 Å². The number of amides is 2. The summed E-state index contributed by atoms with van der Waals surface area (Å²) >= 11 is 0. The number of aliphatic hydroxyl groups excluding tert-OH is 1. The van der Waals surface area contributed by atoms with Crippen molar-refractivity contribution < 1.29 is 29.0 Å². The number of carbonyl (C=O) groups is 3. The molecule has 0 aromatic heterocycles. The topological polar surface area (TPSA) is 93.1 Å². The van der Waals surface area contributed by atoms with Gasteiger partial charge in [0, 0.05) is 6.42 Å². The molecule has 7 nitrogen and oxygen atoms in total. The number of likely N-dealkylation sites (tertiary alicyclic amines) is 1. The Morgan fingerprint density at radius 3 is 2.50 bits per heavy atom. The van der Waals surface area contributed by atoms with Crippen molar-refractivity contribution in [3.05, 3.63) is 29.8 Å². The highest BCUT2D eigenvalue weighted by molar-refractivity contribution is 6.06. The minimum atomic E-state index is -0.976. The van der Waals surface area contributed by atoms with Crippen LogP contribution < -0.4 is 4.74 Å². The van der Waals surface area contributed by atoms with Crippen LogP contribution in [0.5, 0.6) is 5.75 Å². The summed E-state index contributed by atoms with van der Waals surface area (Å²) in [6.07, 6.45) is 3.85. The third kappa shape index (κ3) is 4.35. The van der Waals surface area contributed by atoms with Crippen LogP contribution in [0.25, 0.3) is 0 Å². The molecule has 152 valence electrons. The van der Waals surface area contributed by atoms with Crippen LogP contribution in [0.4, 0.5) is 0 Å². The molecule has 0 bridgehead atoms. The van der Waals surface area contributed by atoms with E-state index in [0.29, 0.717) is 17.9 Å². The number of aliphatic hydroxyl groups is 1. The van der Waals surface area contributed by atoms with Gasteiger partial charge in [-0.05, 0) is 44.0 Å². The molecule has 2 aliphatic rings. The number of nitrogens with zero attached hydrogens (tertiary/aromatic N) is 1. The van der Waals surface area contributed by atoms with Crippen molar-refractivity contribution in [2.75, 3.05) is 19.8 Å². The fourth-order valence-electron chi connectivity index (χ4n) is 4.02. The van der Waals surface area contributed by atoms with Crippen molar-refractivity contribution in [1.82, 2.24) is 4.90 Å². The van der Waals surface area contributed by atoms with Crippen molar-refractivity contribution in [3.63, 3.8) is 0 Å². The molecule has 2 fully saturated rings. The monoisotopic (exact) mass is 389 g/mol. The molecule has 1 aromatic carbocycles. The lowest BCUT2D eigenvalue weighted by Crippen LogP contribution is -2.42. The highest BCUT2D eigenvalue weighted by atomic mass is 16.5. The van der Waals surface area contributed by atoms with Gasteiger partial charge in [0.1, 0.15) is 18.5 Å². The van der Waals surface area contributed by atoms with Gasteiger partial charge in [0.2, 0.25) is 11.8 Å². The number of carbonyl (C=O) groups excluding carboxylic acids is 3. The van der Waals surface area contributed by atoms with Gasteiger partial charge in [-0.3, -0.25) is 14.5 Å². The average molecular weight is 389 g/mol. The first-order chi connectivity index (χ1) is 13.4. The number of hydrogen-bond acceptors (Lipinski definition) is 6. The first-order valence-corrected chi connectivity index (χ1v) is 9.88. The summed E-state index contributed by atoms with van der Waals surface area (Å²) in [5.41, 5.74) is -0.125. The van der Waals surface area contributed by atoms with E-state index in [-0.39, 0.29) is 31.4 Å². The lowest BCUT2D eigenvalue weighted by Gasteiger charge is -2.30. The summed E-state index contributed by atoms with van der Waals surface area (Å²) in [6.45, 7) is 1.93. The van der Waals surface area contributed by atoms with E-state index in [1.807, 2.05) is 0 Å². The quantitative estimate of drug-likeness (QED) is 0.568. The number of esters is 1. The number of β-amino-alcohol motifs (C(OH)–C–C–N with tert-alkyl or cyclic N) is 1. The second-order valence-corrected chi connectivity index (χ2v) is 7.54. The van der Waals surface area contributed by atoms with E-state index in [4.69, 9.17) is 9.47 Å². The third-order valence-electron chi connectivity index (χ3n) is 5.50. The van der Waals surface area contributed by atoms with Crippen molar-refractivity contribution in [1.29, 1.82) is 0 Å². The summed E-state index contributed by atoms with van der Waals surface area (Å²) < 4.78 is 10.4. The number of ether oxygens (including phenoxy) is 2. The Morgan fingerprint density at radius 2 is 1.86 bits per heavy atom. The van der Waals surface area contributed by atoms with Crippen LogP contribution in [0.3, 0.4) is 0 Å². The Hall–Kier alpha value is -2.41. The molecule has 3 rings (SSSR count). The molecule has 1 saturated carbocycles. The predicted molar refractivity (Wildman–Crippen MR) is 101 cm³/mol. The van der Waals surface area contributed by atoms with E-state index in [0.717, 1.165) is 32.1 Å². The normalized spacial score (nSPS) is 19.7. The van der Waals surface area contributed by atoms with Crippen LogP contribution >= 0.6 is 0 Å². The maximum Gasteiger partial charge on any atom is 0.338 e. The van der Waals surface area contributed by atoms with E-state index >= 15 is 0 Å². The molecule has 1 aliphatic carbocycles. The lowest BCUT2D eigenvalue weighted by atomic mass is 9.73. The number of rotatable bonds is 7. The van der Waals surface area contributed by atoms with Crippen molar-refractivity contribution >= 4 is 17.8 Å². The molecule has 1 atom stereocenters. The van der Waals surface area contributed by atoms with Gasteiger partial charge in [-0.2, -0.15) is 0 Å². The van der Waals surface area contributed by atoms with E-state index in [1.54, 1.807) is 31.2 Å². The third-order valence-corrected chi connectivity index (χ3v) is 5.50. The van der Waals surface area contributed by atoms with E-state index < -0.39 is 17.5 Å². The Labute approximate surface area is 164 Å². The number of benzene rings is 1. The maximum absolute atomic E-state index is 12.8. The highest BCUT2D eigenvalue weighted by Crippen LogP contribution is 2.45. The van der Waals surface area contributed by atoms with Crippen LogP contribution in [0.15, 0.2) is 24.3 Å². The largest absolute Gasteiger partial charge is 0.491 e. The zero-order valence-electron chi connectivity index (χ0n) is 16.2. The Morgan fingerprint density at radius 1 is 1.18 bits per heavy atom. The SMILES string of the molecule is CCOC(=O)c1ccc(OCC(O)CN2C(=O)CC3(CCCCC3)C2=O)cc1. The standard InChI is InChI=1S/C21H27NO6/c1-2-27-19(25)15-6-8-17(9-7-15)28-14-16(23)13-22-18(24)12-21(20(22)26)10-4-3-5-11-21/h6-9,16,23H,2-5,10-14H2,1H3. The zero-order valence-corrected chi connectivity index (χ0v) is 16.2. The molecule has 1 spiro atoms. The van der Waals surface area contributed by atoms with Crippen LogP contribution in [0.1, 0.15) is 55.8 Å². The maximum atomic E-state index is 12.8. The van der Waals surface area contributed by atoms with Gasteiger partial charge >= 0.3 is 5.97 Å². The molecular weight excluding hydrogens is 362 g/mol. The second kappa shape index (κ2) is 8.73. The second-order valence-electron chi connectivity index (χ2n) is 7.54. The minimum absolute atomic E-state index is 0.0528. The molecule has 1 aromatic rings. The highest BCUT2D eigenvalue weighted by Gasteiger charge is 2.51. The summed E-state index contributed by atoms with van der Waals surface area (Å²) in [6, 6.07) is 6.39. The molecule has 1 saturated heterocycles.